The summed E-state index contributed by atoms with van der Waals surface area (Å²) in [5, 5.41) is 3.03. The number of piperazine rings is 1. The van der Waals surface area contributed by atoms with Crippen molar-refractivity contribution in [3.05, 3.63) is 53.9 Å². The van der Waals surface area contributed by atoms with Crippen LogP contribution in [-0.2, 0) is 11.3 Å². The van der Waals surface area contributed by atoms with Crippen LogP contribution < -0.4 is 15.1 Å². The van der Waals surface area contributed by atoms with Gasteiger partial charge in [0, 0.05) is 70.5 Å². The summed E-state index contributed by atoms with van der Waals surface area (Å²) in [7, 11) is 0. The molecular formula is C29H36F2N8O. The maximum Gasteiger partial charge on any atom is 0.229 e. The molecule has 2 aromatic heterocycles. The highest BCUT2D eigenvalue weighted by molar-refractivity contribution is 5.97. The van der Waals surface area contributed by atoms with Crippen LogP contribution in [0.5, 0.6) is 0 Å². The van der Waals surface area contributed by atoms with Crippen molar-refractivity contribution in [3.63, 3.8) is 0 Å². The molecule has 0 radical (unpaired) electrons. The van der Waals surface area contributed by atoms with Gasteiger partial charge in [-0.25, -0.2) is 23.7 Å². The van der Waals surface area contributed by atoms with Crippen LogP contribution in [0.1, 0.15) is 33.3 Å². The molecule has 0 aliphatic carbocycles. The average Bonchev–Trinajstić information content (AvgIpc) is 2.94. The molecule has 11 heteroatoms. The number of fused-ring (bicyclic) bond motifs is 1. The van der Waals surface area contributed by atoms with Crippen LogP contribution in [0.3, 0.4) is 0 Å². The molecule has 2 aliphatic heterocycles. The predicted octanol–water partition coefficient (Wildman–Crippen LogP) is 4.28. The molecule has 0 saturated carbocycles. The lowest BCUT2D eigenvalue weighted by molar-refractivity contribution is -0.116. The van der Waals surface area contributed by atoms with Crippen LogP contribution in [0.15, 0.2) is 36.7 Å². The monoisotopic (exact) mass is 550 g/mol. The SMILES string of the molecule is CCN1CCN(Cc2ccc(Nc3ncc(F)c(-c4cc(F)c5c(c4)N(C(C)C)CCN5C(C)=O)n3)nc2)CC1. The summed E-state index contributed by atoms with van der Waals surface area (Å²) in [6.07, 6.45) is 2.88. The highest BCUT2D eigenvalue weighted by atomic mass is 19.1. The maximum atomic E-state index is 15.5. The molecule has 0 atom stereocenters. The van der Waals surface area contributed by atoms with Crippen molar-refractivity contribution in [2.24, 2.45) is 0 Å². The Morgan fingerprint density at radius 1 is 0.975 bits per heavy atom. The molecule has 40 heavy (non-hydrogen) atoms. The number of nitrogens with zero attached hydrogens (tertiary/aromatic N) is 7. The molecule has 1 saturated heterocycles. The summed E-state index contributed by atoms with van der Waals surface area (Å²) in [5.74, 6) is -0.845. The van der Waals surface area contributed by atoms with E-state index < -0.39 is 11.6 Å². The van der Waals surface area contributed by atoms with E-state index in [0.29, 0.717) is 24.6 Å². The summed E-state index contributed by atoms with van der Waals surface area (Å²) in [6, 6.07) is 6.83. The molecule has 5 rings (SSSR count). The largest absolute Gasteiger partial charge is 0.366 e. The Bertz CT molecular complexity index is 1360. The van der Waals surface area contributed by atoms with E-state index >= 15 is 4.39 Å². The van der Waals surface area contributed by atoms with E-state index in [1.807, 2.05) is 37.1 Å². The van der Waals surface area contributed by atoms with Gasteiger partial charge in [0.2, 0.25) is 11.9 Å². The molecule has 9 nitrogen and oxygen atoms in total. The summed E-state index contributed by atoms with van der Waals surface area (Å²) >= 11 is 0. The van der Waals surface area contributed by atoms with Gasteiger partial charge in [-0.15, -0.1) is 0 Å². The first-order valence-corrected chi connectivity index (χ1v) is 13.8. The molecule has 1 aromatic carbocycles. The number of rotatable bonds is 7. The number of likely N-dealkylation sites (N-methyl/N-ethyl adjacent to an activating group) is 1. The fourth-order valence-corrected chi connectivity index (χ4v) is 5.36. The molecule has 3 aromatic rings. The molecule has 0 bridgehead atoms. The van der Waals surface area contributed by atoms with E-state index in [4.69, 9.17) is 0 Å². The number of amides is 1. The minimum atomic E-state index is -0.674. The van der Waals surface area contributed by atoms with Crippen LogP contribution in [0.25, 0.3) is 11.3 Å². The third-order valence-electron chi connectivity index (χ3n) is 7.59. The number of anilines is 4. The number of aromatic nitrogens is 3. The number of halogens is 2. The Labute approximate surface area is 233 Å². The number of carbonyl (C=O) groups is 1. The van der Waals surface area contributed by atoms with Crippen LogP contribution >= 0.6 is 0 Å². The number of nitrogens with one attached hydrogen (secondary N) is 1. The number of pyridine rings is 1. The molecule has 0 spiro atoms. The Kier molecular flexibility index (Phi) is 8.22. The summed E-state index contributed by atoms with van der Waals surface area (Å²) in [5.41, 5.74) is 2.08. The summed E-state index contributed by atoms with van der Waals surface area (Å²) < 4.78 is 30.4. The van der Waals surface area contributed by atoms with Crippen molar-refractivity contribution < 1.29 is 13.6 Å². The minimum Gasteiger partial charge on any atom is -0.366 e. The van der Waals surface area contributed by atoms with E-state index in [1.165, 1.54) is 17.9 Å². The summed E-state index contributed by atoms with van der Waals surface area (Å²) in [6.45, 7) is 14.7. The van der Waals surface area contributed by atoms with Crippen molar-refractivity contribution in [1.29, 1.82) is 0 Å². The minimum absolute atomic E-state index is 0.0364. The molecule has 1 amide bonds. The van der Waals surface area contributed by atoms with E-state index in [9.17, 15) is 9.18 Å². The summed E-state index contributed by atoms with van der Waals surface area (Å²) in [4.78, 5) is 33.4. The fourth-order valence-electron chi connectivity index (χ4n) is 5.36. The zero-order valence-corrected chi connectivity index (χ0v) is 23.5. The van der Waals surface area contributed by atoms with Gasteiger partial charge in [-0.3, -0.25) is 9.69 Å². The van der Waals surface area contributed by atoms with Gasteiger partial charge in [0.15, 0.2) is 5.82 Å². The highest BCUT2D eigenvalue weighted by Crippen LogP contribution is 2.40. The average molecular weight is 551 g/mol. The lowest BCUT2D eigenvalue weighted by atomic mass is 10.0. The Hall–Kier alpha value is -3.70. The third kappa shape index (κ3) is 5.90. The molecular weight excluding hydrogens is 514 g/mol. The van der Waals surface area contributed by atoms with Gasteiger partial charge in [0.1, 0.15) is 23.0 Å². The smallest absolute Gasteiger partial charge is 0.229 e. The quantitative estimate of drug-likeness (QED) is 0.467. The van der Waals surface area contributed by atoms with E-state index in [2.05, 4.69) is 37.0 Å². The van der Waals surface area contributed by atoms with E-state index in [-0.39, 0.29) is 34.8 Å². The fraction of sp³-hybridized carbons (Fsp3) is 0.448. The number of hydrogen-bond donors (Lipinski definition) is 1. The van der Waals surface area contributed by atoms with Crippen molar-refractivity contribution in [1.82, 2.24) is 24.8 Å². The second-order valence-corrected chi connectivity index (χ2v) is 10.6. The molecule has 1 N–H and O–H groups in total. The van der Waals surface area contributed by atoms with Crippen molar-refractivity contribution >= 4 is 29.0 Å². The van der Waals surface area contributed by atoms with E-state index in [0.717, 1.165) is 51.0 Å². The number of benzene rings is 1. The lowest BCUT2D eigenvalue weighted by Gasteiger charge is -2.40. The number of hydrogen-bond acceptors (Lipinski definition) is 8. The van der Waals surface area contributed by atoms with Crippen LogP contribution in [0, 0.1) is 11.6 Å². The maximum absolute atomic E-state index is 15.5. The zero-order valence-electron chi connectivity index (χ0n) is 23.5. The molecule has 1 fully saturated rings. The Balaban J connectivity index is 1.36. The van der Waals surface area contributed by atoms with Gasteiger partial charge in [-0.05, 0) is 44.2 Å². The predicted molar refractivity (Wildman–Crippen MR) is 153 cm³/mol. The van der Waals surface area contributed by atoms with Gasteiger partial charge < -0.3 is 20.0 Å². The molecule has 212 valence electrons. The van der Waals surface area contributed by atoms with Gasteiger partial charge >= 0.3 is 0 Å². The highest BCUT2D eigenvalue weighted by Gasteiger charge is 2.30. The van der Waals surface area contributed by atoms with Gasteiger partial charge in [0.25, 0.3) is 0 Å². The van der Waals surface area contributed by atoms with Crippen LogP contribution in [0.4, 0.5) is 31.9 Å². The first kappa shape index (κ1) is 27.9. The Morgan fingerprint density at radius 3 is 2.38 bits per heavy atom. The molecule has 4 heterocycles. The number of carbonyl (C=O) groups excluding carboxylic acids is 1. The van der Waals surface area contributed by atoms with Crippen LogP contribution in [-0.4, -0.2) is 82.5 Å². The topological polar surface area (TPSA) is 80.7 Å². The van der Waals surface area contributed by atoms with E-state index in [1.54, 1.807) is 6.07 Å². The molecule has 2 aliphatic rings. The normalized spacial score (nSPS) is 16.4. The first-order valence-electron chi connectivity index (χ1n) is 13.8. The zero-order chi connectivity index (χ0) is 28.4. The lowest BCUT2D eigenvalue weighted by Crippen LogP contribution is -2.46. The van der Waals surface area contributed by atoms with Crippen LogP contribution in [0.2, 0.25) is 0 Å². The first-order chi connectivity index (χ1) is 19.2. The standard InChI is InChI=1S/C29H36F2N8O/c1-5-36-8-10-37(11-9-36)18-21-6-7-26(32-16-21)34-29-33-17-24(31)27(35-29)22-14-23(30)28-25(15-22)38(19(2)3)12-13-39(28)20(4)40/h6-7,14-17,19H,5,8-13,18H2,1-4H3,(H,32,33,34,35). The second kappa shape index (κ2) is 11.8. The van der Waals surface area contributed by atoms with Gasteiger partial charge in [-0.1, -0.05) is 13.0 Å². The van der Waals surface area contributed by atoms with Gasteiger partial charge in [0.05, 0.1) is 11.9 Å². The van der Waals surface area contributed by atoms with Crippen molar-refractivity contribution in [3.8, 4) is 11.3 Å². The second-order valence-electron chi connectivity index (χ2n) is 10.6. The Morgan fingerprint density at radius 2 is 1.73 bits per heavy atom. The van der Waals surface area contributed by atoms with Crippen molar-refractivity contribution in [2.75, 3.05) is 60.9 Å². The third-order valence-corrected chi connectivity index (χ3v) is 7.59. The molecule has 0 unspecified atom stereocenters. The van der Waals surface area contributed by atoms with Crippen molar-refractivity contribution in [2.45, 2.75) is 40.3 Å². The van der Waals surface area contributed by atoms with Gasteiger partial charge in [-0.2, -0.15) is 0 Å².